The molecule has 17 heavy (non-hydrogen) atoms. The van der Waals surface area contributed by atoms with Gasteiger partial charge in [0.2, 0.25) is 0 Å². The molecule has 0 spiro atoms. The predicted molar refractivity (Wildman–Crippen MR) is 66.2 cm³/mol. The Bertz CT molecular complexity index is 319. The van der Waals surface area contributed by atoms with Crippen molar-refractivity contribution in [1.82, 2.24) is 21.0 Å². The van der Waals surface area contributed by atoms with Crippen molar-refractivity contribution in [2.75, 3.05) is 19.8 Å². The highest BCUT2D eigenvalue weighted by molar-refractivity contribution is 5.18. The first-order valence-electron chi connectivity index (χ1n) is 6.07. The third-order valence-corrected chi connectivity index (χ3v) is 2.63. The van der Waals surface area contributed by atoms with E-state index in [1.165, 1.54) is 5.56 Å². The number of hydrazine groups is 2. The summed E-state index contributed by atoms with van der Waals surface area (Å²) in [6.45, 7) is 6.40. The zero-order valence-corrected chi connectivity index (χ0v) is 10.4. The summed E-state index contributed by atoms with van der Waals surface area (Å²) in [5.41, 5.74) is 7.72. The van der Waals surface area contributed by atoms with Crippen LogP contribution in [0.5, 0.6) is 0 Å². The van der Waals surface area contributed by atoms with Crippen molar-refractivity contribution in [3.05, 3.63) is 35.9 Å². The number of nitrogens with one attached hydrogen (secondary N) is 2. The van der Waals surface area contributed by atoms with Gasteiger partial charge in [0, 0.05) is 13.1 Å². The first-order chi connectivity index (χ1) is 8.36. The van der Waals surface area contributed by atoms with Crippen molar-refractivity contribution in [1.29, 1.82) is 0 Å². The molecule has 1 saturated heterocycles. The van der Waals surface area contributed by atoms with Gasteiger partial charge in [-0.05, 0) is 5.56 Å². The van der Waals surface area contributed by atoms with Crippen LogP contribution in [-0.2, 0) is 4.84 Å². The molecular weight excluding hydrogens is 216 g/mol. The highest BCUT2D eigenvalue weighted by Crippen LogP contribution is 2.27. The van der Waals surface area contributed by atoms with Crippen LogP contribution in [0, 0.1) is 0 Å². The van der Waals surface area contributed by atoms with Crippen molar-refractivity contribution < 1.29 is 4.84 Å². The SMILES string of the molecule is CCNN1CON(NCC)C1c1ccccc1. The van der Waals surface area contributed by atoms with E-state index in [1.807, 2.05) is 18.2 Å². The smallest absolute Gasteiger partial charge is 0.143 e. The molecule has 0 saturated carbocycles. The topological polar surface area (TPSA) is 39.8 Å². The van der Waals surface area contributed by atoms with E-state index in [0.29, 0.717) is 6.73 Å². The fraction of sp³-hybridized carbons (Fsp3) is 0.500. The number of hydroxylamine groups is 1. The summed E-state index contributed by atoms with van der Waals surface area (Å²) in [4.78, 5) is 5.61. The average molecular weight is 236 g/mol. The Morgan fingerprint density at radius 3 is 2.53 bits per heavy atom. The van der Waals surface area contributed by atoms with Crippen molar-refractivity contribution in [2.45, 2.75) is 20.0 Å². The molecule has 0 amide bonds. The molecule has 1 aliphatic rings. The van der Waals surface area contributed by atoms with Crippen molar-refractivity contribution in [3.63, 3.8) is 0 Å². The van der Waals surface area contributed by atoms with Crippen molar-refractivity contribution in [2.24, 2.45) is 0 Å². The Morgan fingerprint density at radius 1 is 1.18 bits per heavy atom. The molecule has 0 aromatic heterocycles. The molecule has 0 bridgehead atoms. The zero-order valence-electron chi connectivity index (χ0n) is 10.4. The van der Waals surface area contributed by atoms with Gasteiger partial charge in [0.1, 0.15) is 12.9 Å². The van der Waals surface area contributed by atoms with E-state index in [4.69, 9.17) is 4.84 Å². The van der Waals surface area contributed by atoms with Gasteiger partial charge in [-0.25, -0.2) is 5.43 Å². The minimum atomic E-state index is 0.0658. The highest BCUT2D eigenvalue weighted by Gasteiger charge is 2.34. The Balaban J connectivity index is 2.17. The Morgan fingerprint density at radius 2 is 1.88 bits per heavy atom. The maximum Gasteiger partial charge on any atom is 0.143 e. The lowest BCUT2D eigenvalue weighted by molar-refractivity contribution is -0.173. The van der Waals surface area contributed by atoms with E-state index >= 15 is 0 Å². The van der Waals surface area contributed by atoms with Crippen LogP contribution in [0.15, 0.2) is 30.3 Å². The summed E-state index contributed by atoms with van der Waals surface area (Å²) >= 11 is 0. The lowest BCUT2D eigenvalue weighted by atomic mass is 10.2. The molecule has 2 rings (SSSR count). The summed E-state index contributed by atoms with van der Waals surface area (Å²) in [5.74, 6) is 0. The predicted octanol–water partition coefficient (Wildman–Crippen LogP) is 1.24. The van der Waals surface area contributed by atoms with Crippen LogP contribution in [0.3, 0.4) is 0 Å². The van der Waals surface area contributed by atoms with Gasteiger partial charge in [-0.15, -0.1) is 0 Å². The van der Waals surface area contributed by atoms with Gasteiger partial charge in [-0.2, -0.15) is 5.01 Å². The normalized spacial score (nSPS) is 22.1. The Labute approximate surface area is 102 Å². The second-order valence-electron chi connectivity index (χ2n) is 3.86. The summed E-state index contributed by atoms with van der Waals surface area (Å²) < 4.78 is 0. The van der Waals surface area contributed by atoms with Gasteiger partial charge in [-0.3, -0.25) is 10.3 Å². The number of hydrogen-bond donors (Lipinski definition) is 2. The van der Waals surface area contributed by atoms with Crippen molar-refractivity contribution in [3.8, 4) is 0 Å². The number of hydrogen-bond acceptors (Lipinski definition) is 5. The van der Waals surface area contributed by atoms with E-state index in [1.54, 1.807) is 5.17 Å². The van der Waals surface area contributed by atoms with E-state index < -0.39 is 0 Å². The second kappa shape index (κ2) is 6.09. The van der Waals surface area contributed by atoms with Crippen LogP contribution >= 0.6 is 0 Å². The van der Waals surface area contributed by atoms with Gasteiger partial charge in [0.05, 0.1) is 0 Å². The monoisotopic (exact) mass is 236 g/mol. The number of benzene rings is 1. The molecule has 1 aromatic rings. The van der Waals surface area contributed by atoms with Gasteiger partial charge < -0.3 is 0 Å². The molecule has 1 aromatic carbocycles. The average Bonchev–Trinajstić information content (AvgIpc) is 2.74. The maximum atomic E-state index is 5.61. The highest BCUT2D eigenvalue weighted by atomic mass is 16.7. The van der Waals surface area contributed by atoms with Gasteiger partial charge in [0.15, 0.2) is 0 Å². The number of nitrogens with zero attached hydrogens (tertiary/aromatic N) is 2. The first-order valence-corrected chi connectivity index (χ1v) is 6.07. The van der Waals surface area contributed by atoms with E-state index in [-0.39, 0.29) is 6.17 Å². The second-order valence-corrected chi connectivity index (χ2v) is 3.86. The van der Waals surface area contributed by atoms with Crippen LogP contribution in [-0.4, -0.2) is 30.0 Å². The Hall–Kier alpha value is -0.980. The molecule has 94 valence electrons. The largest absolute Gasteiger partial charge is 0.265 e. The third kappa shape index (κ3) is 2.83. The first kappa shape index (κ1) is 12.5. The van der Waals surface area contributed by atoms with Crippen LogP contribution in [0.25, 0.3) is 0 Å². The molecule has 1 aliphatic heterocycles. The third-order valence-electron chi connectivity index (χ3n) is 2.63. The van der Waals surface area contributed by atoms with Crippen LogP contribution in [0.4, 0.5) is 0 Å². The lowest BCUT2D eigenvalue weighted by Crippen LogP contribution is -2.44. The van der Waals surface area contributed by atoms with E-state index in [2.05, 4.69) is 41.8 Å². The van der Waals surface area contributed by atoms with Crippen molar-refractivity contribution >= 4 is 0 Å². The molecule has 5 heteroatoms. The van der Waals surface area contributed by atoms with E-state index in [0.717, 1.165) is 13.1 Å². The molecule has 0 aliphatic carbocycles. The molecular formula is C12H20N4O. The zero-order chi connectivity index (χ0) is 12.1. The fourth-order valence-electron chi connectivity index (χ4n) is 1.96. The van der Waals surface area contributed by atoms with Gasteiger partial charge in [-0.1, -0.05) is 49.4 Å². The molecule has 1 atom stereocenters. The van der Waals surface area contributed by atoms with Crippen LogP contribution in [0.2, 0.25) is 0 Å². The Kier molecular flexibility index (Phi) is 4.47. The summed E-state index contributed by atoms with van der Waals surface area (Å²) in [7, 11) is 0. The molecule has 0 radical (unpaired) electrons. The minimum Gasteiger partial charge on any atom is -0.265 e. The molecule has 1 fully saturated rings. The lowest BCUT2D eigenvalue weighted by Gasteiger charge is -2.27. The molecule has 1 unspecified atom stereocenters. The maximum absolute atomic E-state index is 5.61. The van der Waals surface area contributed by atoms with Gasteiger partial charge >= 0.3 is 0 Å². The quantitative estimate of drug-likeness (QED) is 0.805. The molecule has 5 nitrogen and oxygen atoms in total. The molecule has 2 N–H and O–H groups in total. The van der Waals surface area contributed by atoms with Crippen LogP contribution in [0.1, 0.15) is 25.6 Å². The standard InChI is InChI=1S/C12H20N4O/c1-3-13-15-10-17-16(14-4-2)12(15)11-8-6-5-7-9-11/h5-9,12-14H,3-4,10H2,1-2H3. The number of rotatable bonds is 5. The van der Waals surface area contributed by atoms with Gasteiger partial charge in [0.25, 0.3) is 0 Å². The minimum absolute atomic E-state index is 0.0658. The summed E-state index contributed by atoms with van der Waals surface area (Å²) in [6.07, 6.45) is 0.0658. The molecule has 1 heterocycles. The summed E-state index contributed by atoms with van der Waals surface area (Å²) in [5, 5.41) is 3.88. The van der Waals surface area contributed by atoms with Crippen LogP contribution < -0.4 is 10.9 Å². The van der Waals surface area contributed by atoms with E-state index in [9.17, 15) is 0 Å². The fourth-order valence-corrected chi connectivity index (χ4v) is 1.96. The summed E-state index contributed by atoms with van der Waals surface area (Å²) in [6, 6.07) is 10.3.